The molecule has 0 unspecified atom stereocenters. The third-order valence-corrected chi connectivity index (χ3v) is 11.7. The molecule has 0 aliphatic rings. The first-order valence-corrected chi connectivity index (χ1v) is 21.5. The smallest absolute Gasteiger partial charge is 0.282 e. The predicted molar refractivity (Wildman–Crippen MR) is 258 cm³/mol. The molecule has 0 aliphatic heterocycles. The molecule has 0 saturated heterocycles. The lowest BCUT2D eigenvalue weighted by Gasteiger charge is -2.01. The number of aromatic amines is 3. The standard InChI is InChI=1S/C16H10BrN3O.C16H11ClN4O.C15H9BrN4O/c17-10-6-7-12-14(8-10)18-9-13-15(12)19-20(16(13)21)11-4-2-1-3-5-11;1-9-6-11(4-5-18-9)21-16(22)13-8-19-14-3-2-10(17)7-12(14)15(13)20-21;16-9-4-5-10-12(7-9)18-8-11-14(10)19-20(15(11)21)13-3-1-2-6-17-13/h1-9,19H;2-8,20H,1H3;1-8,19H. The number of nitrogens with zero attached hydrogens (tertiary/aromatic N) is 8. The Hall–Kier alpha value is -7.53. The maximum absolute atomic E-state index is 12.6. The number of aryl methyl sites for hydroxylation is 1. The summed E-state index contributed by atoms with van der Waals surface area (Å²) in [5.41, 5.74) is 6.77. The Kier molecular flexibility index (Phi) is 10.5. The largest absolute Gasteiger partial charge is 0.290 e. The number of H-pyrrole nitrogens is 3. The average Bonchev–Trinajstić information content (AvgIpc) is 3.97. The Balaban J connectivity index is 0.000000114. The number of rotatable bonds is 3. The second-order valence-corrected chi connectivity index (χ2v) is 16.8. The van der Waals surface area contributed by atoms with Crippen molar-refractivity contribution in [2.24, 2.45) is 0 Å². The molecule has 0 bridgehead atoms. The SMILES string of the molecule is Cc1cc(-n2[nH]c3c(cnc4ccc(Cl)cc43)c2=O)ccn1.O=c1c2cnc3cc(Br)ccc3c2[nH]n1-c1ccccc1.O=c1c2cnc3cc(Br)ccc3c2[nH]n1-c1ccccn1. The maximum atomic E-state index is 12.6. The number of pyridine rings is 5. The van der Waals surface area contributed by atoms with E-state index in [9.17, 15) is 14.4 Å². The van der Waals surface area contributed by atoms with E-state index in [1.165, 1.54) is 9.36 Å². The Labute approximate surface area is 382 Å². The lowest BCUT2D eigenvalue weighted by Crippen LogP contribution is -2.15. The fourth-order valence-electron chi connectivity index (χ4n) is 7.45. The number of hydrogen-bond donors (Lipinski definition) is 3. The molecule has 17 heteroatoms. The van der Waals surface area contributed by atoms with Gasteiger partial charge in [0.1, 0.15) is 0 Å². The summed E-state index contributed by atoms with van der Waals surface area (Å²) in [4.78, 5) is 59.0. The minimum Gasteiger partial charge on any atom is -0.290 e. The number of nitrogens with one attached hydrogen (secondary N) is 3. The summed E-state index contributed by atoms with van der Waals surface area (Å²) in [5.74, 6) is 0.559. The van der Waals surface area contributed by atoms with Crippen LogP contribution in [0.1, 0.15) is 5.69 Å². The van der Waals surface area contributed by atoms with Gasteiger partial charge in [-0.25, -0.2) is 19.0 Å². The van der Waals surface area contributed by atoms with Gasteiger partial charge in [0.2, 0.25) is 0 Å². The zero-order valence-electron chi connectivity index (χ0n) is 33.3. The number of para-hydroxylation sites is 1. The first-order valence-electron chi connectivity index (χ1n) is 19.6. The van der Waals surface area contributed by atoms with Crippen LogP contribution in [0.2, 0.25) is 5.02 Å². The molecule has 12 rings (SSSR count). The highest BCUT2D eigenvalue weighted by Crippen LogP contribution is 2.27. The van der Waals surface area contributed by atoms with E-state index < -0.39 is 0 Å². The van der Waals surface area contributed by atoms with Gasteiger partial charge in [0.05, 0.1) is 60.6 Å². The van der Waals surface area contributed by atoms with E-state index in [-0.39, 0.29) is 16.7 Å². The van der Waals surface area contributed by atoms with Gasteiger partial charge in [-0.15, -0.1) is 0 Å². The van der Waals surface area contributed by atoms with E-state index in [0.29, 0.717) is 27.0 Å². The van der Waals surface area contributed by atoms with Gasteiger partial charge in [0, 0.05) is 66.8 Å². The summed E-state index contributed by atoms with van der Waals surface area (Å²) in [5, 5.41) is 14.4. The average molecular weight is 992 g/mol. The molecule has 4 aromatic carbocycles. The number of benzene rings is 4. The van der Waals surface area contributed by atoms with Crippen LogP contribution in [0.5, 0.6) is 0 Å². The third-order valence-electron chi connectivity index (χ3n) is 10.5. The monoisotopic (exact) mass is 989 g/mol. The lowest BCUT2D eigenvalue weighted by atomic mass is 10.2. The van der Waals surface area contributed by atoms with Crippen LogP contribution in [0, 0.1) is 6.92 Å². The van der Waals surface area contributed by atoms with Crippen molar-refractivity contribution in [1.29, 1.82) is 0 Å². The summed E-state index contributed by atoms with van der Waals surface area (Å²) in [6.45, 7) is 1.88. The number of aromatic nitrogens is 11. The molecule has 0 atom stereocenters. The van der Waals surface area contributed by atoms with Gasteiger partial charge < -0.3 is 0 Å². The van der Waals surface area contributed by atoms with Crippen LogP contribution in [0.15, 0.2) is 170 Å². The Morgan fingerprint density at radius 2 is 1.02 bits per heavy atom. The summed E-state index contributed by atoms with van der Waals surface area (Å²) in [6, 6.07) is 35.6. The normalized spacial score (nSPS) is 11.3. The zero-order chi connectivity index (χ0) is 44.1. The summed E-state index contributed by atoms with van der Waals surface area (Å²) in [6.07, 6.45) is 8.15. The Morgan fingerprint density at radius 3 is 1.61 bits per heavy atom. The van der Waals surface area contributed by atoms with Gasteiger partial charge in [-0.3, -0.25) is 49.6 Å². The van der Waals surface area contributed by atoms with Gasteiger partial charge in [0.15, 0.2) is 5.82 Å². The van der Waals surface area contributed by atoms with Crippen LogP contribution in [0.25, 0.3) is 82.6 Å². The molecule has 3 N–H and O–H groups in total. The van der Waals surface area contributed by atoms with Gasteiger partial charge in [-0.1, -0.05) is 67.7 Å². The third kappa shape index (κ3) is 7.46. The molecular weight excluding hydrogens is 962 g/mol. The van der Waals surface area contributed by atoms with Crippen molar-refractivity contribution in [2.75, 3.05) is 0 Å². The van der Waals surface area contributed by atoms with E-state index in [0.717, 1.165) is 75.3 Å². The van der Waals surface area contributed by atoms with E-state index in [1.807, 2.05) is 104 Å². The maximum Gasteiger partial charge on any atom is 0.282 e. The van der Waals surface area contributed by atoms with Crippen molar-refractivity contribution < 1.29 is 0 Å². The quantitative estimate of drug-likeness (QED) is 0.157. The van der Waals surface area contributed by atoms with E-state index in [2.05, 4.69) is 72.1 Å². The predicted octanol–water partition coefficient (Wildman–Crippen LogP) is 9.88. The molecule has 0 amide bonds. The van der Waals surface area contributed by atoms with Gasteiger partial charge in [0.25, 0.3) is 16.7 Å². The second kappa shape index (κ2) is 16.6. The van der Waals surface area contributed by atoms with Crippen LogP contribution in [-0.2, 0) is 0 Å². The highest BCUT2D eigenvalue weighted by Gasteiger charge is 2.15. The first kappa shape index (κ1) is 40.5. The molecule has 8 heterocycles. The number of hydrogen-bond acceptors (Lipinski definition) is 8. The number of halogens is 3. The molecule has 0 fully saturated rings. The van der Waals surface area contributed by atoms with Crippen LogP contribution in [-0.4, -0.2) is 54.3 Å². The summed E-state index contributed by atoms with van der Waals surface area (Å²) < 4.78 is 6.41. The van der Waals surface area contributed by atoms with Gasteiger partial charge in [-0.2, -0.15) is 0 Å². The van der Waals surface area contributed by atoms with Crippen molar-refractivity contribution >= 4 is 109 Å². The molecule has 0 radical (unpaired) electrons. The Morgan fingerprint density at radius 1 is 0.469 bits per heavy atom. The van der Waals surface area contributed by atoms with Crippen molar-refractivity contribution in [3.8, 4) is 17.2 Å². The fraction of sp³-hybridized carbons (Fsp3) is 0.0213. The number of fused-ring (bicyclic) bond motifs is 9. The minimum absolute atomic E-state index is 0.0893. The van der Waals surface area contributed by atoms with Crippen LogP contribution in [0.3, 0.4) is 0 Å². The molecule has 0 aliphatic carbocycles. The Bertz CT molecular complexity index is 3770. The molecule has 0 spiro atoms. The van der Waals surface area contributed by atoms with E-state index >= 15 is 0 Å². The second-order valence-electron chi connectivity index (χ2n) is 14.6. The highest BCUT2D eigenvalue weighted by atomic mass is 79.9. The van der Waals surface area contributed by atoms with Crippen LogP contribution < -0.4 is 16.7 Å². The fourth-order valence-corrected chi connectivity index (χ4v) is 8.32. The van der Waals surface area contributed by atoms with Crippen LogP contribution in [0.4, 0.5) is 0 Å². The first-order chi connectivity index (χ1) is 31.1. The zero-order valence-corrected chi connectivity index (χ0v) is 37.2. The van der Waals surface area contributed by atoms with Crippen molar-refractivity contribution in [2.45, 2.75) is 6.92 Å². The minimum atomic E-state index is -0.152. The summed E-state index contributed by atoms with van der Waals surface area (Å²) >= 11 is 12.9. The van der Waals surface area contributed by atoms with Crippen LogP contribution >= 0.6 is 43.5 Å². The molecule has 64 heavy (non-hydrogen) atoms. The molecule has 0 saturated carbocycles. The highest BCUT2D eigenvalue weighted by molar-refractivity contribution is 9.10. The van der Waals surface area contributed by atoms with E-state index in [4.69, 9.17) is 11.6 Å². The van der Waals surface area contributed by atoms with Crippen molar-refractivity contribution in [3.05, 3.63) is 197 Å². The summed E-state index contributed by atoms with van der Waals surface area (Å²) in [7, 11) is 0. The molecule has 312 valence electrons. The van der Waals surface area contributed by atoms with Gasteiger partial charge >= 0.3 is 0 Å². The topological polar surface area (TPSA) is 178 Å². The lowest BCUT2D eigenvalue weighted by molar-refractivity contribution is 0.832. The molecule has 12 aromatic rings. The molecule has 14 nitrogen and oxygen atoms in total. The van der Waals surface area contributed by atoms with Gasteiger partial charge in [-0.05, 0) is 97.9 Å². The van der Waals surface area contributed by atoms with Crippen molar-refractivity contribution in [1.82, 2.24) is 54.3 Å². The molecular formula is C47H30Br2ClN11O3. The molecule has 8 aromatic heterocycles. The van der Waals surface area contributed by atoms with E-state index in [1.54, 1.807) is 53.9 Å². The van der Waals surface area contributed by atoms with Crippen molar-refractivity contribution in [3.63, 3.8) is 0 Å².